The van der Waals surface area contributed by atoms with Gasteiger partial charge in [0.25, 0.3) is 5.91 Å². The molecule has 0 N–H and O–H groups in total. The predicted molar refractivity (Wildman–Crippen MR) is 115 cm³/mol. The molecule has 0 radical (unpaired) electrons. The Labute approximate surface area is 173 Å². The topological polar surface area (TPSA) is 45.1 Å². The van der Waals surface area contributed by atoms with Gasteiger partial charge in [0.15, 0.2) is 0 Å². The van der Waals surface area contributed by atoms with Crippen LogP contribution in [0.1, 0.15) is 43.4 Å². The lowest BCUT2D eigenvalue weighted by Crippen LogP contribution is -2.41. The molecule has 2 heterocycles. The fourth-order valence-corrected chi connectivity index (χ4v) is 4.21. The van der Waals surface area contributed by atoms with Crippen molar-refractivity contribution in [3.8, 4) is 5.75 Å². The van der Waals surface area contributed by atoms with Crippen molar-refractivity contribution >= 4 is 11.6 Å². The lowest BCUT2D eigenvalue weighted by atomic mass is 9.97. The number of ether oxygens (including phenoxy) is 1. The average molecular weight is 392 g/mol. The van der Waals surface area contributed by atoms with Crippen molar-refractivity contribution in [2.75, 3.05) is 26.7 Å². The van der Waals surface area contributed by atoms with E-state index in [9.17, 15) is 4.79 Å². The highest BCUT2D eigenvalue weighted by Gasteiger charge is 2.35. The summed E-state index contributed by atoms with van der Waals surface area (Å²) in [5, 5.41) is 6.48. The van der Waals surface area contributed by atoms with Crippen molar-refractivity contribution in [2.24, 2.45) is 11.0 Å². The fraction of sp³-hybridized carbons (Fsp3) is 0.417. The van der Waals surface area contributed by atoms with E-state index in [1.807, 2.05) is 42.5 Å². The van der Waals surface area contributed by atoms with Gasteiger partial charge < -0.3 is 4.74 Å². The van der Waals surface area contributed by atoms with Crippen LogP contribution in [-0.4, -0.2) is 48.3 Å². The second-order valence-electron chi connectivity index (χ2n) is 8.07. The van der Waals surface area contributed by atoms with Crippen LogP contribution in [0, 0.1) is 5.92 Å². The second kappa shape index (κ2) is 8.78. The number of hydrogen-bond acceptors (Lipinski definition) is 4. The molecule has 29 heavy (non-hydrogen) atoms. The molecule has 1 fully saturated rings. The molecule has 5 nitrogen and oxygen atoms in total. The second-order valence-corrected chi connectivity index (χ2v) is 8.07. The molecule has 0 aliphatic carbocycles. The summed E-state index contributed by atoms with van der Waals surface area (Å²) in [6.45, 7) is 4.67. The molecule has 4 rings (SSSR count). The smallest absolute Gasteiger partial charge is 0.257 e. The number of piperidine rings is 1. The van der Waals surface area contributed by atoms with Crippen molar-refractivity contribution in [3.63, 3.8) is 0 Å². The lowest BCUT2D eigenvalue weighted by Gasteiger charge is -2.31. The van der Waals surface area contributed by atoms with E-state index in [1.54, 1.807) is 12.1 Å². The monoisotopic (exact) mass is 391 g/mol. The van der Waals surface area contributed by atoms with Gasteiger partial charge >= 0.3 is 0 Å². The van der Waals surface area contributed by atoms with Gasteiger partial charge in [0, 0.05) is 12.0 Å². The molecule has 0 bridgehead atoms. The summed E-state index contributed by atoms with van der Waals surface area (Å²) in [7, 11) is 1.67. The summed E-state index contributed by atoms with van der Waals surface area (Å²) in [4.78, 5) is 15.6. The van der Waals surface area contributed by atoms with Crippen LogP contribution in [0.15, 0.2) is 59.7 Å². The van der Waals surface area contributed by atoms with E-state index in [0.29, 0.717) is 13.0 Å². The van der Waals surface area contributed by atoms with Crippen LogP contribution in [0.5, 0.6) is 5.75 Å². The predicted octanol–water partition coefficient (Wildman–Crippen LogP) is 4.10. The van der Waals surface area contributed by atoms with Gasteiger partial charge in [-0.15, -0.1) is 0 Å². The number of carbonyl (C=O) groups is 1. The average Bonchev–Trinajstić information content (AvgIpc) is 3.21. The van der Waals surface area contributed by atoms with Crippen LogP contribution in [0.2, 0.25) is 0 Å². The molecule has 2 aliphatic heterocycles. The van der Waals surface area contributed by atoms with Gasteiger partial charge in [-0.2, -0.15) is 5.10 Å². The Hall–Kier alpha value is -2.66. The van der Waals surface area contributed by atoms with E-state index < -0.39 is 0 Å². The minimum absolute atomic E-state index is 0.0568. The Kier molecular flexibility index (Phi) is 5.95. The van der Waals surface area contributed by atoms with E-state index in [1.165, 1.54) is 0 Å². The number of benzene rings is 2. The first-order valence-corrected chi connectivity index (χ1v) is 10.5. The molecule has 0 spiro atoms. The van der Waals surface area contributed by atoms with Gasteiger partial charge in [0.1, 0.15) is 5.75 Å². The highest BCUT2D eigenvalue weighted by Crippen LogP contribution is 2.37. The quantitative estimate of drug-likeness (QED) is 0.771. The highest BCUT2D eigenvalue weighted by molar-refractivity contribution is 6.03. The van der Waals surface area contributed by atoms with E-state index in [0.717, 1.165) is 54.4 Å². The van der Waals surface area contributed by atoms with Crippen molar-refractivity contribution in [1.29, 1.82) is 0 Å². The molecule has 2 aromatic rings. The Balaban J connectivity index is 1.60. The van der Waals surface area contributed by atoms with Crippen LogP contribution in [-0.2, 0) is 4.79 Å². The van der Waals surface area contributed by atoms with Gasteiger partial charge in [0.05, 0.1) is 25.4 Å². The molecule has 1 unspecified atom stereocenters. The SMILES string of the molecule is COc1ccccc1C1CC(c2ccccc2)=NN1C(=O)CN1CCC(C)CC1. The summed E-state index contributed by atoms with van der Waals surface area (Å²) in [6.07, 6.45) is 3.00. The molecular formula is C24H29N3O2. The van der Waals surface area contributed by atoms with Crippen LogP contribution in [0.25, 0.3) is 0 Å². The van der Waals surface area contributed by atoms with Crippen molar-refractivity contribution in [2.45, 2.75) is 32.2 Å². The first kappa shape index (κ1) is 19.6. The third-order valence-corrected chi connectivity index (χ3v) is 6.01. The maximum atomic E-state index is 13.3. The van der Waals surface area contributed by atoms with E-state index >= 15 is 0 Å². The van der Waals surface area contributed by atoms with Gasteiger partial charge in [-0.3, -0.25) is 9.69 Å². The Morgan fingerprint density at radius 1 is 1.07 bits per heavy atom. The minimum atomic E-state index is -0.141. The normalized spacial score (nSPS) is 20.6. The first-order chi connectivity index (χ1) is 14.2. The number of carbonyl (C=O) groups excluding carboxylic acids is 1. The van der Waals surface area contributed by atoms with Crippen molar-refractivity contribution < 1.29 is 9.53 Å². The summed E-state index contributed by atoms with van der Waals surface area (Å²) in [5.74, 6) is 1.60. The van der Waals surface area contributed by atoms with Gasteiger partial charge in [-0.05, 0) is 43.5 Å². The summed E-state index contributed by atoms with van der Waals surface area (Å²) >= 11 is 0. The zero-order valence-electron chi connectivity index (χ0n) is 17.3. The maximum Gasteiger partial charge on any atom is 0.257 e. The first-order valence-electron chi connectivity index (χ1n) is 10.5. The fourth-order valence-electron chi connectivity index (χ4n) is 4.21. The zero-order chi connectivity index (χ0) is 20.2. The molecule has 1 amide bonds. The minimum Gasteiger partial charge on any atom is -0.496 e. The largest absolute Gasteiger partial charge is 0.496 e. The molecule has 2 aromatic carbocycles. The van der Waals surface area contributed by atoms with E-state index in [-0.39, 0.29) is 11.9 Å². The Bertz CT molecular complexity index is 873. The van der Waals surface area contributed by atoms with E-state index in [4.69, 9.17) is 9.84 Å². The molecule has 0 saturated carbocycles. The summed E-state index contributed by atoms with van der Waals surface area (Å²) in [6, 6.07) is 17.9. The molecule has 2 aliphatic rings. The zero-order valence-corrected chi connectivity index (χ0v) is 17.3. The number of para-hydroxylation sites is 1. The molecule has 1 atom stereocenters. The number of nitrogens with zero attached hydrogens (tertiary/aromatic N) is 3. The summed E-state index contributed by atoms with van der Waals surface area (Å²) in [5.41, 5.74) is 3.02. The Morgan fingerprint density at radius 3 is 2.48 bits per heavy atom. The third kappa shape index (κ3) is 4.35. The molecular weight excluding hydrogens is 362 g/mol. The van der Waals surface area contributed by atoms with Gasteiger partial charge in [0.2, 0.25) is 0 Å². The number of rotatable bonds is 5. The third-order valence-electron chi connectivity index (χ3n) is 6.01. The van der Waals surface area contributed by atoms with Crippen LogP contribution in [0.4, 0.5) is 0 Å². The molecule has 152 valence electrons. The number of amides is 1. The number of likely N-dealkylation sites (tertiary alicyclic amines) is 1. The highest BCUT2D eigenvalue weighted by atomic mass is 16.5. The van der Waals surface area contributed by atoms with Gasteiger partial charge in [-0.1, -0.05) is 55.5 Å². The summed E-state index contributed by atoms with van der Waals surface area (Å²) < 4.78 is 5.59. The molecule has 5 heteroatoms. The van der Waals surface area contributed by atoms with Crippen molar-refractivity contribution in [3.05, 3.63) is 65.7 Å². The van der Waals surface area contributed by atoms with Crippen LogP contribution in [0.3, 0.4) is 0 Å². The van der Waals surface area contributed by atoms with Crippen molar-refractivity contribution in [1.82, 2.24) is 9.91 Å². The number of hydrogen-bond donors (Lipinski definition) is 0. The molecule has 0 aromatic heterocycles. The van der Waals surface area contributed by atoms with E-state index in [2.05, 4.69) is 24.0 Å². The van der Waals surface area contributed by atoms with Crippen LogP contribution >= 0.6 is 0 Å². The number of methoxy groups -OCH3 is 1. The van der Waals surface area contributed by atoms with Crippen LogP contribution < -0.4 is 4.74 Å². The maximum absolute atomic E-state index is 13.3. The lowest BCUT2D eigenvalue weighted by molar-refractivity contribution is -0.134. The number of hydrazone groups is 1. The van der Waals surface area contributed by atoms with Gasteiger partial charge in [-0.25, -0.2) is 5.01 Å². The Morgan fingerprint density at radius 2 is 1.76 bits per heavy atom. The standard InChI is InChI=1S/C24H29N3O2/c1-18-12-14-26(15-13-18)17-24(28)27-22(20-10-6-7-11-23(20)29-2)16-21(25-27)19-8-4-3-5-9-19/h3-11,18,22H,12-17H2,1-2H3. The molecule has 1 saturated heterocycles.